The van der Waals surface area contributed by atoms with Crippen LogP contribution in [0.3, 0.4) is 0 Å². The van der Waals surface area contributed by atoms with Gasteiger partial charge in [0.1, 0.15) is 5.78 Å². The van der Waals surface area contributed by atoms with Crippen molar-refractivity contribution in [2.24, 2.45) is 34.5 Å². The molecular weight excluding hydrogens is 569 g/mol. The Hall–Kier alpha value is -1.29. The van der Waals surface area contributed by atoms with Gasteiger partial charge in [0.15, 0.2) is 0 Å². The molecule has 4 rings (SSSR count). The monoisotopic (exact) mass is 621 g/mol. The molecule has 0 aromatic heterocycles. The van der Waals surface area contributed by atoms with E-state index >= 15 is 0 Å². The summed E-state index contributed by atoms with van der Waals surface area (Å²) in [6, 6.07) is 0. The summed E-state index contributed by atoms with van der Waals surface area (Å²) in [5.41, 5.74) is 0.0308. The minimum absolute atomic E-state index is 0.0942. The zero-order chi connectivity index (χ0) is 31.5. The van der Waals surface area contributed by atoms with Crippen molar-refractivity contribution in [3.05, 3.63) is 0 Å². The Morgan fingerprint density at radius 2 is 1.65 bits per heavy atom. The first-order chi connectivity index (χ1) is 20.2. The lowest BCUT2D eigenvalue weighted by Crippen LogP contribution is -2.60. The summed E-state index contributed by atoms with van der Waals surface area (Å²) >= 11 is 0. The Bertz CT molecular complexity index is 960. The number of aliphatic hydroxyl groups excluding tert-OH is 1. The van der Waals surface area contributed by atoms with Crippen molar-refractivity contribution < 1.29 is 41.4 Å². The van der Waals surface area contributed by atoms with Gasteiger partial charge in [-0.15, -0.1) is 0 Å². The van der Waals surface area contributed by atoms with Crippen LogP contribution in [0.5, 0.6) is 0 Å². The summed E-state index contributed by atoms with van der Waals surface area (Å²) in [7, 11) is 0. The van der Waals surface area contributed by atoms with Crippen LogP contribution in [0, 0.1) is 34.5 Å². The first kappa shape index (κ1) is 34.6. The van der Waals surface area contributed by atoms with E-state index < -0.39 is 30.8 Å². The van der Waals surface area contributed by atoms with E-state index in [1.165, 1.54) is 0 Å². The molecule has 4 aliphatic carbocycles. The number of fused-ring (bicyclic) bond motifs is 5. The highest BCUT2D eigenvalue weighted by molar-refractivity contribution is 5.79. The molecule has 5 nitrogen and oxygen atoms in total. The Morgan fingerprint density at radius 1 is 0.953 bits per heavy atom. The molecule has 0 aromatic rings. The van der Waals surface area contributed by atoms with Gasteiger partial charge in [0.05, 0.1) is 12.2 Å². The summed E-state index contributed by atoms with van der Waals surface area (Å²) in [5.74, 6) is -2.87. The van der Waals surface area contributed by atoms with E-state index in [-0.39, 0.29) is 29.5 Å². The van der Waals surface area contributed by atoms with Crippen molar-refractivity contribution in [2.75, 3.05) is 13.2 Å². The fourth-order valence-electron chi connectivity index (χ4n) is 9.36. The molecule has 0 saturated heterocycles. The van der Waals surface area contributed by atoms with Gasteiger partial charge in [-0.2, -0.15) is 22.0 Å². The van der Waals surface area contributed by atoms with Crippen LogP contribution in [-0.2, 0) is 14.3 Å². The van der Waals surface area contributed by atoms with Gasteiger partial charge in [-0.05, 0) is 92.3 Å². The number of alkyl halides is 5. The molecule has 0 heterocycles. The van der Waals surface area contributed by atoms with Crippen LogP contribution < -0.4 is 5.32 Å². The number of hydrogen-bond acceptors (Lipinski definition) is 4. The van der Waals surface area contributed by atoms with Crippen molar-refractivity contribution in [1.82, 2.24) is 5.32 Å². The van der Waals surface area contributed by atoms with Gasteiger partial charge in [-0.25, -0.2) is 0 Å². The van der Waals surface area contributed by atoms with Gasteiger partial charge in [0.2, 0.25) is 5.91 Å². The molecule has 0 aliphatic heterocycles. The van der Waals surface area contributed by atoms with Gasteiger partial charge in [0, 0.05) is 38.8 Å². The van der Waals surface area contributed by atoms with Gasteiger partial charge in [0.25, 0.3) is 0 Å². The first-order valence-electron chi connectivity index (χ1n) is 16.7. The van der Waals surface area contributed by atoms with Crippen LogP contribution in [0.1, 0.15) is 123 Å². The lowest BCUT2D eigenvalue weighted by Gasteiger charge is -2.62. The molecule has 43 heavy (non-hydrogen) atoms. The Morgan fingerprint density at radius 3 is 2.37 bits per heavy atom. The fraction of sp³-hybridized carbons (Fsp3) is 0.939. The molecule has 0 bridgehead atoms. The van der Waals surface area contributed by atoms with E-state index in [0.29, 0.717) is 55.4 Å². The van der Waals surface area contributed by atoms with Crippen molar-refractivity contribution in [2.45, 2.75) is 147 Å². The normalized spacial score (nSPS) is 36.1. The predicted octanol–water partition coefficient (Wildman–Crippen LogP) is 7.78. The molecular formula is C33H52F5NO4. The summed E-state index contributed by atoms with van der Waals surface area (Å²) in [6.07, 6.45) is 5.12. The van der Waals surface area contributed by atoms with Crippen molar-refractivity contribution in [3.8, 4) is 0 Å². The van der Waals surface area contributed by atoms with Crippen molar-refractivity contribution >= 4 is 11.7 Å². The summed E-state index contributed by atoms with van der Waals surface area (Å²) < 4.78 is 69.1. The average Bonchev–Trinajstić information content (AvgIpc) is 3.22. The number of nitrogens with one attached hydrogen (secondary N) is 1. The maximum absolute atomic E-state index is 12.9. The largest absolute Gasteiger partial charge is 0.453 e. The van der Waals surface area contributed by atoms with E-state index in [0.717, 1.165) is 77.0 Å². The van der Waals surface area contributed by atoms with Gasteiger partial charge >= 0.3 is 12.1 Å². The predicted molar refractivity (Wildman–Crippen MR) is 153 cm³/mol. The SMILES string of the molecule is C[C@]12CCC(=O)C[C@@H]1CC[C@@H]1[C@@H]2[C@@H](OCCCCCCCCNC(=O)CCCC(F)(F)C(F)(F)F)C[C@]2(C)[C@@H](O)CC[C@@H]12. The second-order valence-corrected chi connectivity index (χ2v) is 14.6. The highest BCUT2D eigenvalue weighted by Crippen LogP contribution is 2.66. The summed E-state index contributed by atoms with van der Waals surface area (Å²) in [5, 5.41) is 13.6. The second-order valence-electron chi connectivity index (χ2n) is 14.6. The lowest BCUT2D eigenvalue weighted by molar-refractivity contribution is -0.284. The molecule has 248 valence electrons. The topological polar surface area (TPSA) is 75.6 Å². The number of ether oxygens (including phenoxy) is 1. The number of carbonyl (C=O) groups excluding carboxylic acids is 2. The number of halogens is 5. The summed E-state index contributed by atoms with van der Waals surface area (Å²) in [6.45, 7) is 5.77. The smallest absolute Gasteiger partial charge is 0.393 e. The number of hydrogen-bond donors (Lipinski definition) is 2. The first-order valence-corrected chi connectivity index (χ1v) is 16.7. The van der Waals surface area contributed by atoms with Crippen LogP contribution in [0.4, 0.5) is 22.0 Å². The standard InChI is InChI=1S/C33H52F5NO4/c1-30-17-15-23(40)20-22(30)11-12-24-25-13-14-27(41)31(25,2)21-26(29(24)30)43-19-8-6-4-3-5-7-18-39-28(42)10-9-16-32(34,35)33(36,37)38/h22,24-27,29,41H,3-21H2,1-2H3,(H,39,42)/t22-,24-,25-,26-,27-,29+,30-,31-/m0/s1. The third-order valence-corrected chi connectivity index (χ3v) is 11.9. The van der Waals surface area contributed by atoms with Crippen LogP contribution in [0.2, 0.25) is 0 Å². The van der Waals surface area contributed by atoms with Crippen LogP contribution in [-0.4, -0.2) is 54.3 Å². The molecule has 0 unspecified atom stereocenters. The van der Waals surface area contributed by atoms with E-state index in [2.05, 4.69) is 19.2 Å². The lowest BCUT2D eigenvalue weighted by atomic mass is 9.44. The molecule has 0 radical (unpaired) electrons. The molecule has 2 N–H and O–H groups in total. The van der Waals surface area contributed by atoms with Crippen LogP contribution in [0.15, 0.2) is 0 Å². The zero-order valence-electron chi connectivity index (χ0n) is 26.0. The van der Waals surface area contributed by atoms with E-state index in [4.69, 9.17) is 4.74 Å². The number of aliphatic hydroxyl groups is 1. The Labute approximate surface area is 253 Å². The molecule has 4 saturated carbocycles. The van der Waals surface area contributed by atoms with Gasteiger partial charge in [-0.1, -0.05) is 39.5 Å². The molecule has 8 atom stereocenters. The molecule has 4 fully saturated rings. The summed E-state index contributed by atoms with van der Waals surface area (Å²) in [4.78, 5) is 24.1. The van der Waals surface area contributed by atoms with E-state index in [1.807, 2.05) is 0 Å². The van der Waals surface area contributed by atoms with Crippen LogP contribution in [0.25, 0.3) is 0 Å². The molecule has 0 aromatic carbocycles. The highest BCUT2D eigenvalue weighted by Gasteiger charge is 2.63. The Balaban J connectivity index is 1.14. The fourth-order valence-corrected chi connectivity index (χ4v) is 9.36. The quantitative estimate of drug-likeness (QED) is 0.153. The van der Waals surface area contributed by atoms with Crippen LogP contribution >= 0.6 is 0 Å². The van der Waals surface area contributed by atoms with Gasteiger partial charge < -0.3 is 15.2 Å². The molecule has 4 aliphatic rings. The number of rotatable bonds is 14. The molecule has 1 amide bonds. The number of unbranched alkanes of at least 4 members (excludes halogenated alkanes) is 5. The number of amides is 1. The molecule has 0 spiro atoms. The third kappa shape index (κ3) is 7.75. The third-order valence-electron chi connectivity index (χ3n) is 11.9. The zero-order valence-corrected chi connectivity index (χ0v) is 26.0. The van der Waals surface area contributed by atoms with E-state index in [1.54, 1.807) is 0 Å². The maximum atomic E-state index is 12.9. The second kappa shape index (κ2) is 14.0. The van der Waals surface area contributed by atoms with E-state index in [9.17, 15) is 36.6 Å². The van der Waals surface area contributed by atoms with Crippen molar-refractivity contribution in [1.29, 1.82) is 0 Å². The highest BCUT2D eigenvalue weighted by atomic mass is 19.4. The number of ketones is 1. The Kier molecular flexibility index (Phi) is 11.3. The molecule has 10 heteroatoms. The van der Waals surface area contributed by atoms with Gasteiger partial charge in [-0.3, -0.25) is 9.59 Å². The van der Waals surface area contributed by atoms with Crippen molar-refractivity contribution in [3.63, 3.8) is 0 Å². The minimum Gasteiger partial charge on any atom is -0.393 e. The maximum Gasteiger partial charge on any atom is 0.453 e. The minimum atomic E-state index is -5.58. The number of carbonyl (C=O) groups is 2. The average molecular weight is 622 g/mol. The number of Topliss-reactive ketones (excluding diaryl/α,β-unsaturated/α-hetero) is 1.